The maximum absolute atomic E-state index is 11.8. The Hall–Kier alpha value is -1.31. The molecule has 0 bridgehead atoms. The third-order valence-electron chi connectivity index (χ3n) is 2.98. The summed E-state index contributed by atoms with van der Waals surface area (Å²) in [5.74, 6) is 1.28. The van der Waals surface area contributed by atoms with Crippen LogP contribution in [0.3, 0.4) is 0 Å². The highest BCUT2D eigenvalue weighted by atomic mass is 32.2. The topological polar surface area (TPSA) is 73.9 Å². The van der Waals surface area contributed by atoms with Gasteiger partial charge < -0.3 is 14.2 Å². The fourth-order valence-electron chi connectivity index (χ4n) is 1.92. The standard InChI is InChI=1S/C13H19NO5S/c1-10(14-20(15,16)8-7-17-2)11-3-4-12-13(9-11)19-6-5-18-12/h3-4,9-10,14H,5-8H2,1-2H3/t10-/m0/s1. The van der Waals surface area contributed by atoms with Crippen LogP contribution in [0.4, 0.5) is 0 Å². The highest BCUT2D eigenvalue weighted by molar-refractivity contribution is 7.89. The van der Waals surface area contributed by atoms with Gasteiger partial charge >= 0.3 is 0 Å². The predicted molar refractivity (Wildman–Crippen MR) is 74.6 cm³/mol. The Bertz CT molecular complexity index is 558. The van der Waals surface area contributed by atoms with Crippen molar-refractivity contribution < 1.29 is 22.6 Å². The summed E-state index contributed by atoms with van der Waals surface area (Å²) in [5.41, 5.74) is 0.829. The second-order valence-corrected chi connectivity index (χ2v) is 6.43. The zero-order valence-corrected chi connectivity index (χ0v) is 12.4. The molecule has 0 radical (unpaired) electrons. The van der Waals surface area contributed by atoms with E-state index in [1.54, 1.807) is 19.1 Å². The fourth-order valence-corrected chi connectivity index (χ4v) is 3.10. The quantitative estimate of drug-likeness (QED) is 0.851. The second kappa shape index (κ2) is 6.43. The van der Waals surface area contributed by atoms with Crippen LogP contribution in [-0.4, -0.2) is 41.1 Å². The van der Waals surface area contributed by atoms with Crippen LogP contribution in [0, 0.1) is 0 Å². The smallest absolute Gasteiger partial charge is 0.214 e. The second-order valence-electron chi connectivity index (χ2n) is 4.55. The first-order chi connectivity index (χ1) is 9.52. The van der Waals surface area contributed by atoms with Gasteiger partial charge in [-0.05, 0) is 24.6 Å². The molecular weight excluding hydrogens is 282 g/mol. The lowest BCUT2D eigenvalue weighted by Gasteiger charge is -2.21. The number of hydrogen-bond acceptors (Lipinski definition) is 5. The number of nitrogens with one attached hydrogen (secondary N) is 1. The monoisotopic (exact) mass is 301 g/mol. The van der Waals surface area contributed by atoms with Crippen molar-refractivity contribution in [1.29, 1.82) is 0 Å². The fraction of sp³-hybridized carbons (Fsp3) is 0.538. The molecule has 0 unspecified atom stereocenters. The van der Waals surface area contributed by atoms with Crippen molar-refractivity contribution in [3.63, 3.8) is 0 Å². The molecule has 6 nitrogen and oxygen atoms in total. The molecule has 1 heterocycles. The molecule has 0 spiro atoms. The van der Waals surface area contributed by atoms with Gasteiger partial charge in [0.15, 0.2) is 11.5 Å². The van der Waals surface area contributed by atoms with Crippen LogP contribution in [0.1, 0.15) is 18.5 Å². The minimum atomic E-state index is -3.36. The van der Waals surface area contributed by atoms with Gasteiger partial charge in [-0.3, -0.25) is 0 Å². The third-order valence-corrected chi connectivity index (χ3v) is 4.40. The number of hydrogen-bond donors (Lipinski definition) is 1. The van der Waals surface area contributed by atoms with E-state index in [4.69, 9.17) is 14.2 Å². The molecular formula is C13H19NO5S. The first-order valence-electron chi connectivity index (χ1n) is 6.40. The summed E-state index contributed by atoms with van der Waals surface area (Å²) in [6, 6.07) is 5.09. The predicted octanol–water partition coefficient (Wildman–Crippen LogP) is 1.08. The number of sulfonamides is 1. The SMILES string of the molecule is COCCS(=O)(=O)N[C@@H](C)c1ccc2c(c1)OCCO2. The van der Waals surface area contributed by atoms with Gasteiger partial charge in [-0.15, -0.1) is 0 Å². The van der Waals surface area contributed by atoms with E-state index in [1.807, 2.05) is 6.07 Å². The Morgan fingerprint density at radius 2 is 2.00 bits per heavy atom. The van der Waals surface area contributed by atoms with Gasteiger partial charge in [-0.2, -0.15) is 0 Å². The van der Waals surface area contributed by atoms with E-state index in [-0.39, 0.29) is 18.4 Å². The van der Waals surface area contributed by atoms with Crippen molar-refractivity contribution in [1.82, 2.24) is 4.72 Å². The van der Waals surface area contributed by atoms with Gasteiger partial charge in [0, 0.05) is 13.2 Å². The first-order valence-corrected chi connectivity index (χ1v) is 8.05. The zero-order chi connectivity index (χ0) is 14.6. The average molecular weight is 301 g/mol. The van der Waals surface area contributed by atoms with Gasteiger partial charge in [0.05, 0.1) is 12.4 Å². The Kier molecular flexibility index (Phi) is 4.85. The summed E-state index contributed by atoms with van der Waals surface area (Å²) >= 11 is 0. The van der Waals surface area contributed by atoms with Gasteiger partial charge in [0.1, 0.15) is 13.2 Å². The van der Waals surface area contributed by atoms with Crippen molar-refractivity contribution in [2.75, 3.05) is 32.7 Å². The van der Waals surface area contributed by atoms with E-state index >= 15 is 0 Å². The molecule has 1 aliphatic rings. The lowest BCUT2D eigenvalue weighted by atomic mass is 10.1. The molecule has 2 rings (SSSR count). The van der Waals surface area contributed by atoms with E-state index in [1.165, 1.54) is 7.11 Å². The molecule has 1 atom stereocenters. The van der Waals surface area contributed by atoms with Gasteiger partial charge in [-0.25, -0.2) is 13.1 Å². The first kappa shape index (κ1) is 15.1. The van der Waals surface area contributed by atoms with Crippen molar-refractivity contribution >= 4 is 10.0 Å². The number of rotatable bonds is 6. The Balaban J connectivity index is 2.07. The van der Waals surface area contributed by atoms with E-state index in [0.717, 1.165) is 5.56 Å². The molecule has 0 aliphatic carbocycles. The number of fused-ring (bicyclic) bond motifs is 1. The Labute approximate surface area is 119 Å². The van der Waals surface area contributed by atoms with Crippen LogP contribution in [-0.2, 0) is 14.8 Å². The van der Waals surface area contributed by atoms with Crippen molar-refractivity contribution in [2.45, 2.75) is 13.0 Å². The molecule has 1 aromatic carbocycles. The summed E-state index contributed by atoms with van der Waals surface area (Å²) in [4.78, 5) is 0. The molecule has 1 aliphatic heterocycles. The summed E-state index contributed by atoms with van der Waals surface area (Å²) < 4.78 is 41.9. The summed E-state index contributed by atoms with van der Waals surface area (Å²) in [6.45, 7) is 2.99. The normalized spacial score (nSPS) is 15.9. The molecule has 0 saturated carbocycles. The molecule has 20 heavy (non-hydrogen) atoms. The molecule has 1 N–H and O–H groups in total. The highest BCUT2D eigenvalue weighted by Gasteiger charge is 2.18. The van der Waals surface area contributed by atoms with E-state index < -0.39 is 10.0 Å². The van der Waals surface area contributed by atoms with Crippen LogP contribution in [0.2, 0.25) is 0 Å². The van der Waals surface area contributed by atoms with E-state index in [0.29, 0.717) is 24.7 Å². The van der Waals surface area contributed by atoms with Gasteiger partial charge in [0.2, 0.25) is 10.0 Å². The lowest BCUT2D eigenvalue weighted by molar-refractivity contribution is 0.171. The maximum Gasteiger partial charge on any atom is 0.214 e. The van der Waals surface area contributed by atoms with Gasteiger partial charge in [0.25, 0.3) is 0 Å². The molecule has 1 aromatic rings. The zero-order valence-electron chi connectivity index (χ0n) is 11.6. The molecule has 0 fully saturated rings. The molecule has 0 aromatic heterocycles. The van der Waals surface area contributed by atoms with Crippen LogP contribution in [0.25, 0.3) is 0 Å². The van der Waals surface area contributed by atoms with Crippen molar-refractivity contribution in [3.05, 3.63) is 23.8 Å². The van der Waals surface area contributed by atoms with Crippen LogP contribution < -0.4 is 14.2 Å². The number of ether oxygens (including phenoxy) is 3. The minimum Gasteiger partial charge on any atom is -0.486 e. The van der Waals surface area contributed by atoms with Crippen LogP contribution in [0.15, 0.2) is 18.2 Å². The largest absolute Gasteiger partial charge is 0.486 e. The summed E-state index contributed by atoms with van der Waals surface area (Å²) in [6.07, 6.45) is 0. The molecule has 7 heteroatoms. The van der Waals surface area contributed by atoms with Crippen molar-refractivity contribution in [2.24, 2.45) is 0 Å². The van der Waals surface area contributed by atoms with E-state index in [2.05, 4.69) is 4.72 Å². The molecule has 0 amide bonds. The third kappa shape index (κ3) is 3.84. The number of benzene rings is 1. The minimum absolute atomic E-state index is 0.0572. The van der Waals surface area contributed by atoms with Gasteiger partial charge in [-0.1, -0.05) is 6.07 Å². The maximum atomic E-state index is 11.8. The highest BCUT2D eigenvalue weighted by Crippen LogP contribution is 2.32. The lowest BCUT2D eigenvalue weighted by Crippen LogP contribution is -2.30. The Morgan fingerprint density at radius 3 is 2.70 bits per heavy atom. The average Bonchev–Trinajstić information content (AvgIpc) is 2.44. The van der Waals surface area contributed by atoms with E-state index in [9.17, 15) is 8.42 Å². The summed E-state index contributed by atoms with van der Waals surface area (Å²) in [5, 5.41) is 0. The van der Waals surface area contributed by atoms with Crippen LogP contribution in [0.5, 0.6) is 11.5 Å². The number of methoxy groups -OCH3 is 1. The molecule has 0 saturated heterocycles. The van der Waals surface area contributed by atoms with Crippen molar-refractivity contribution in [3.8, 4) is 11.5 Å². The summed E-state index contributed by atoms with van der Waals surface area (Å²) in [7, 11) is -1.89. The Morgan fingerprint density at radius 1 is 1.30 bits per heavy atom. The van der Waals surface area contributed by atoms with Crippen LogP contribution >= 0.6 is 0 Å². The molecule has 112 valence electrons.